The van der Waals surface area contributed by atoms with Crippen LogP contribution < -0.4 is 5.32 Å². The number of benzene rings is 1. The number of rotatable bonds is 2. The van der Waals surface area contributed by atoms with Gasteiger partial charge in [-0.15, -0.1) is 0 Å². The number of amides is 2. The van der Waals surface area contributed by atoms with Crippen molar-refractivity contribution in [1.82, 2.24) is 19.8 Å². The number of H-pyrrole nitrogens is 1. The van der Waals surface area contributed by atoms with E-state index in [4.69, 9.17) is 17.4 Å². The molecule has 3 N–H and O–H groups in total. The third kappa shape index (κ3) is 2.55. The van der Waals surface area contributed by atoms with Gasteiger partial charge in [0.25, 0.3) is 0 Å². The molecular weight excluding hydrogens is 254 g/mol. The van der Waals surface area contributed by atoms with E-state index < -0.39 is 6.03 Å². The number of hydrogen-bond donors (Lipinski definition) is 3. The molecular formula is C10H11N5O2S. The van der Waals surface area contributed by atoms with Crippen molar-refractivity contribution in [1.29, 1.82) is 0 Å². The van der Waals surface area contributed by atoms with Crippen LogP contribution in [-0.2, 0) is 0 Å². The number of nitrogens with one attached hydrogen (secondary N) is 2. The molecule has 1 heterocycles. The number of carbonyl (C=O) groups excluding carboxylic acids is 1. The lowest BCUT2D eigenvalue weighted by Crippen LogP contribution is -2.27. The topological polar surface area (TPSA) is 86.2 Å². The molecule has 0 unspecified atom stereocenters. The second-order valence-electron chi connectivity index (χ2n) is 3.54. The Morgan fingerprint density at radius 3 is 3.00 bits per heavy atom. The van der Waals surface area contributed by atoms with Gasteiger partial charge < -0.3 is 5.32 Å². The van der Waals surface area contributed by atoms with E-state index in [1.54, 1.807) is 29.1 Å². The number of carbonyl (C=O) groups is 1. The number of anilines is 1. The number of hydroxylamine groups is 2. The van der Waals surface area contributed by atoms with E-state index >= 15 is 0 Å². The van der Waals surface area contributed by atoms with E-state index in [1.165, 1.54) is 7.05 Å². The van der Waals surface area contributed by atoms with Crippen molar-refractivity contribution in [2.75, 3.05) is 12.4 Å². The molecule has 0 aliphatic carbocycles. The molecule has 0 atom stereocenters. The highest BCUT2D eigenvalue weighted by Gasteiger charge is 2.06. The number of nitrogens with zero attached hydrogens (tertiary/aromatic N) is 3. The first-order valence-electron chi connectivity index (χ1n) is 5.04. The average molecular weight is 265 g/mol. The second kappa shape index (κ2) is 4.98. The van der Waals surface area contributed by atoms with Crippen LogP contribution in [0, 0.1) is 4.77 Å². The zero-order valence-corrected chi connectivity index (χ0v) is 10.3. The quantitative estimate of drug-likeness (QED) is 0.439. The van der Waals surface area contributed by atoms with E-state index in [2.05, 4.69) is 15.5 Å². The maximum absolute atomic E-state index is 11.3. The Hall–Kier alpha value is -2.19. The fourth-order valence-electron chi connectivity index (χ4n) is 1.37. The summed E-state index contributed by atoms with van der Waals surface area (Å²) in [5.41, 5.74) is 1.30. The van der Waals surface area contributed by atoms with Gasteiger partial charge in [-0.3, -0.25) is 14.9 Å². The van der Waals surface area contributed by atoms with Gasteiger partial charge in [-0.25, -0.2) is 9.86 Å². The number of aromatic amines is 1. The smallest absolute Gasteiger partial charge is 0.306 e. The van der Waals surface area contributed by atoms with Gasteiger partial charge in [-0.1, -0.05) is 6.07 Å². The van der Waals surface area contributed by atoms with Crippen molar-refractivity contribution in [2.24, 2.45) is 0 Å². The number of hydrogen-bond acceptors (Lipinski definition) is 4. The molecule has 94 valence electrons. The Labute approximate surface area is 108 Å². The first-order valence-corrected chi connectivity index (χ1v) is 5.45. The van der Waals surface area contributed by atoms with Crippen molar-refractivity contribution in [3.63, 3.8) is 0 Å². The van der Waals surface area contributed by atoms with Gasteiger partial charge in [0, 0.05) is 12.7 Å². The summed E-state index contributed by atoms with van der Waals surface area (Å²) in [5.74, 6) is 0. The van der Waals surface area contributed by atoms with Gasteiger partial charge >= 0.3 is 6.03 Å². The molecule has 7 nitrogen and oxygen atoms in total. The van der Waals surface area contributed by atoms with E-state index in [0.717, 1.165) is 5.69 Å². The Bertz CT molecular complexity index is 618. The normalized spacial score (nSPS) is 10.1. The lowest BCUT2D eigenvalue weighted by Gasteiger charge is -2.11. The molecule has 0 spiro atoms. The van der Waals surface area contributed by atoms with Crippen molar-refractivity contribution in [3.05, 3.63) is 35.4 Å². The summed E-state index contributed by atoms with van der Waals surface area (Å²) in [6.07, 6.45) is 1.54. The van der Waals surface area contributed by atoms with Crippen LogP contribution in [0.5, 0.6) is 0 Å². The molecule has 2 aromatic rings. The number of aromatic nitrogens is 3. The third-order valence-corrected chi connectivity index (χ3v) is 2.51. The van der Waals surface area contributed by atoms with E-state index in [1.807, 2.05) is 6.07 Å². The van der Waals surface area contributed by atoms with Crippen LogP contribution in [0.25, 0.3) is 5.69 Å². The highest BCUT2D eigenvalue weighted by atomic mass is 32.1. The molecule has 0 saturated carbocycles. The van der Waals surface area contributed by atoms with Gasteiger partial charge in [0.05, 0.1) is 5.69 Å². The van der Waals surface area contributed by atoms with Gasteiger partial charge in [0.2, 0.25) is 0 Å². The fraction of sp³-hybridized carbons (Fsp3) is 0.100. The van der Waals surface area contributed by atoms with Crippen LogP contribution in [0.2, 0.25) is 0 Å². The fourth-order valence-corrected chi connectivity index (χ4v) is 1.58. The van der Waals surface area contributed by atoms with Crippen LogP contribution in [-0.4, -0.2) is 38.1 Å². The standard InChI is InChI=1S/C10H11N5O2S/c1-14(17)9(16)12-7-3-2-4-8(5-7)15-6-11-13-10(15)18/h2-6,17H,1H3,(H,12,16)(H,13,18). The third-order valence-electron chi connectivity index (χ3n) is 2.22. The highest BCUT2D eigenvalue weighted by Crippen LogP contribution is 2.14. The van der Waals surface area contributed by atoms with Crippen molar-refractivity contribution in [2.45, 2.75) is 0 Å². The summed E-state index contributed by atoms with van der Waals surface area (Å²) < 4.78 is 2.12. The maximum Gasteiger partial charge on any atom is 0.345 e. The van der Waals surface area contributed by atoms with Crippen molar-refractivity contribution < 1.29 is 10.0 Å². The monoisotopic (exact) mass is 265 g/mol. The minimum Gasteiger partial charge on any atom is -0.306 e. The summed E-state index contributed by atoms with van der Waals surface area (Å²) >= 11 is 5.05. The van der Waals surface area contributed by atoms with Crippen LogP contribution in [0.1, 0.15) is 0 Å². The highest BCUT2D eigenvalue weighted by molar-refractivity contribution is 7.71. The van der Waals surface area contributed by atoms with Gasteiger partial charge in [0.15, 0.2) is 4.77 Å². The summed E-state index contributed by atoms with van der Waals surface area (Å²) in [4.78, 5) is 11.3. The minimum atomic E-state index is -0.622. The molecule has 2 rings (SSSR count). The summed E-state index contributed by atoms with van der Waals surface area (Å²) in [6.45, 7) is 0. The largest absolute Gasteiger partial charge is 0.345 e. The summed E-state index contributed by atoms with van der Waals surface area (Å²) in [6, 6.07) is 6.38. The van der Waals surface area contributed by atoms with Crippen molar-refractivity contribution >= 4 is 23.9 Å². The second-order valence-corrected chi connectivity index (χ2v) is 3.92. The lowest BCUT2D eigenvalue weighted by molar-refractivity contribution is -0.0118. The van der Waals surface area contributed by atoms with Crippen LogP contribution in [0.4, 0.5) is 10.5 Å². The van der Waals surface area contributed by atoms with Crippen molar-refractivity contribution in [3.8, 4) is 5.69 Å². The molecule has 0 radical (unpaired) electrons. The van der Waals surface area contributed by atoms with Crippen LogP contribution >= 0.6 is 12.2 Å². The molecule has 0 saturated heterocycles. The predicted octanol–water partition coefficient (Wildman–Crippen LogP) is 1.78. The average Bonchev–Trinajstić information content (AvgIpc) is 2.75. The Morgan fingerprint density at radius 2 is 2.39 bits per heavy atom. The molecule has 18 heavy (non-hydrogen) atoms. The van der Waals surface area contributed by atoms with Gasteiger partial charge in [-0.05, 0) is 30.4 Å². The molecule has 0 bridgehead atoms. The Balaban J connectivity index is 2.29. The van der Waals surface area contributed by atoms with Crippen LogP contribution in [0.3, 0.4) is 0 Å². The molecule has 0 fully saturated rings. The van der Waals surface area contributed by atoms with Crippen LogP contribution in [0.15, 0.2) is 30.6 Å². The van der Waals surface area contributed by atoms with E-state index in [-0.39, 0.29) is 0 Å². The molecule has 1 aromatic heterocycles. The SMILES string of the molecule is CN(O)C(=O)Nc1cccc(-n2cn[nH]c2=S)c1. The van der Waals surface area contributed by atoms with Gasteiger partial charge in [0.1, 0.15) is 6.33 Å². The van der Waals surface area contributed by atoms with E-state index in [0.29, 0.717) is 15.5 Å². The molecule has 8 heteroatoms. The molecule has 1 aromatic carbocycles. The minimum absolute atomic E-state index is 0.456. The van der Waals surface area contributed by atoms with E-state index in [9.17, 15) is 4.79 Å². The molecule has 2 amide bonds. The summed E-state index contributed by atoms with van der Waals surface area (Å²) in [7, 11) is 1.24. The Kier molecular flexibility index (Phi) is 3.40. The Morgan fingerprint density at radius 1 is 1.61 bits per heavy atom. The zero-order chi connectivity index (χ0) is 13.1. The summed E-state index contributed by atoms with van der Waals surface area (Å²) in [5, 5.41) is 18.4. The first-order chi connectivity index (χ1) is 8.58. The predicted molar refractivity (Wildman–Crippen MR) is 67.3 cm³/mol. The zero-order valence-electron chi connectivity index (χ0n) is 9.49. The first kappa shape index (κ1) is 12.3. The molecule has 0 aliphatic rings. The van der Waals surface area contributed by atoms with Gasteiger partial charge in [-0.2, -0.15) is 5.10 Å². The maximum atomic E-state index is 11.3. The number of urea groups is 1. The lowest BCUT2D eigenvalue weighted by atomic mass is 10.3. The molecule has 0 aliphatic heterocycles.